The van der Waals surface area contributed by atoms with Crippen LogP contribution in [-0.2, 0) is 11.3 Å². The summed E-state index contributed by atoms with van der Waals surface area (Å²) in [4.78, 5) is 18.1. The molecular formula is C16H24N2O3. The van der Waals surface area contributed by atoms with E-state index in [1.165, 1.54) is 0 Å². The molecule has 2 rings (SSSR count). The summed E-state index contributed by atoms with van der Waals surface area (Å²) in [5.41, 5.74) is 0.530. The van der Waals surface area contributed by atoms with E-state index in [0.29, 0.717) is 5.88 Å². The van der Waals surface area contributed by atoms with Crippen LogP contribution in [0.2, 0.25) is 0 Å². The fourth-order valence-corrected chi connectivity index (χ4v) is 3.16. The summed E-state index contributed by atoms with van der Waals surface area (Å²) < 4.78 is 5.27. The molecule has 0 radical (unpaired) electrons. The molecule has 1 aromatic rings. The average Bonchev–Trinajstić information content (AvgIpc) is 2.50. The highest BCUT2D eigenvalue weighted by Crippen LogP contribution is 2.37. The zero-order valence-electron chi connectivity index (χ0n) is 12.8. The number of likely N-dealkylation sites (tertiary alicyclic amines) is 1. The van der Waals surface area contributed by atoms with Crippen LogP contribution in [0, 0.1) is 5.41 Å². The quantitative estimate of drug-likeness (QED) is 0.873. The topological polar surface area (TPSA) is 62.7 Å². The molecule has 1 aliphatic heterocycles. The lowest BCUT2D eigenvalue weighted by Gasteiger charge is -2.38. The molecule has 116 valence electrons. The first-order valence-corrected chi connectivity index (χ1v) is 7.55. The molecule has 0 aromatic carbocycles. The monoisotopic (exact) mass is 292 g/mol. The van der Waals surface area contributed by atoms with Gasteiger partial charge in [0.05, 0.1) is 12.5 Å². The maximum absolute atomic E-state index is 11.6. The van der Waals surface area contributed by atoms with Crippen molar-refractivity contribution < 1.29 is 14.6 Å². The summed E-state index contributed by atoms with van der Waals surface area (Å²) in [7, 11) is 1.62. The molecule has 21 heavy (non-hydrogen) atoms. The molecule has 2 heterocycles. The Morgan fingerprint density at radius 1 is 1.48 bits per heavy atom. The number of hydrogen-bond donors (Lipinski definition) is 1. The Labute approximate surface area is 125 Å². The van der Waals surface area contributed by atoms with Gasteiger partial charge in [-0.2, -0.15) is 0 Å². The summed E-state index contributed by atoms with van der Waals surface area (Å²) in [5.74, 6) is 0.0177. The van der Waals surface area contributed by atoms with Gasteiger partial charge in [0, 0.05) is 18.3 Å². The van der Waals surface area contributed by atoms with Crippen molar-refractivity contribution >= 4 is 5.97 Å². The van der Waals surface area contributed by atoms with Gasteiger partial charge in [-0.3, -0.25) is 9.69 Å². The van der Waals surface area contributed by atoms with Gasteiger partial charge in [0.25, 0.3) is 0 Å². The van der Waals surface area contributed by atoms with E-state index in [9.17, 15) is 9.90 Å². The van der Waals surface area contributed by atoms with E-state index in [2.05, 4.69) is 16.8 Å². The molecule has 0 atom stereocenters. The summed E-state index contributed by atoms with van der Waals surface area (Å²) in [5, 5.41) is 9.53. The SMILES string of the molecule is CCCC1(C(=O)O)CCN(Cc2cccnc2OC)CC1. The third-order valence-electron chi connectivity index (χ3n) is 4.43. The predicted octanol–water partition coefficient (Wildman–Crippen LogP) is 2.56. The molecular weight excluding hydrogens is 268 g/mol. The van der Waals surface area contributed by atoms with Crippen LogP contribution in [0.3, 0.4) is 0 Å². The van der Waals surface area contributed by atoms with E-state index in [0.717, 1.165) is 50.9 Å². The summed E-state index contributed by atoms with van der Waals surface area (Å²) >= 11 is 0. The van der Waals surface area contributed by atoms with Gasteiger partial charge in [-0.25, -0.2) is 4.98 Å². The van der Waals surface area contributed by atoms with Crippen LogP contribution in [-0.4, -0.2) is 41.2 Å². The normalized spacial score (nSPS) is 18.4. The number of carbonyl (C=O) groups is 1. The minimum atomic E-state index is -0.636. The highest BCUT2D eigenvalue weighted by Gasteiger charge is 2.40. The number of aliphatic carboxylic acids is 1. The van der Waals surface area contributed by atoms with Gasteiger partial charge < -0.3 is 9.84 Å². The summed E-state index contributed by atoms with van der Waals surface area (Å²) in [6.45, 7) is 4.44. The van der Waals surface area contributed by atoms with Crippen molar-refractivity contribution in [2.24, 2.45) is 5.41 Å². The van der Waals surface area contributed by atoms with E-state index in [1.54, 1.807) is 13.3 Å². The number of aromatic nitrogens is 1. The molecule has 1 saturated heterocycles. The van der Waals surface area contributed by atoms with Crippen molar-refractivity contribution in [1.82, 2.24) is 9.88 Å². The van der Waals surface area contributed by atoms with E-state index >= 15 is 0 Å². The van der Waals surface area contributed by atoms with Crippen molar-refractivity contribution in [3.63, 3.8) is 0 Å². The van der Waals surface area contributed by atoms with Crippen LogP contribution >= 0.6 is 0 Å². The molecule has 1 N–H and O–H groups in total. The third-order valence-corrected chi connectivity index (χ3v) is 4.43. The average molecular weight is 292 g/mol. The van der Waals surface area contributed by atoms with Crippen molar-refractivity contribution in [1.29, 1.82) is 0 Å². The number of ether oxygens (including phenoxy) is 1. The fourth-order valence-electron chi connectivity index (χ4n) is 3.16. The van der Waals surface area contributed by atoms with E-state index in [4.69, 9.17) is 4.74 Å². The second kappa shape index (κ2) is 6.89. The highest BCUT2D eigenvalue weighted by atomic mass is 16.5. The molecule has 0 unspecified atom stereocenters. The first kappa shape index (κ1) is 15.8. The van der Waals surface area contributed by atoms with Crippen LogP contribution in [0.25, 0.3) is 0 Å². The van der Waals surface area contributed by atoms with Crippen molar-refractivity contribution in [2.45, 2.75) is 39.2 Å². The number of pyridine rings is 1. The van der Waals surface area contributed by atoms with Crippen LogP contribution < -0.4 is 4.74 Å². The van der Waals surface area contributed by atoms with E-state index < -0.39 is 11.4 Å². The molecule has 1 fully saturated rings. The lowest BCUT2D eigenvalue weighted by atomic mass is 9.75. The Morgan fingerprint density at radius 3 is 2.76 bits per heavy atom. The number of carboxylic acid groups (broad SMARTS) is 1. The smallest absolute Gasteiger partial charge is 0.309 e. The minimum absolute atomic E-state index is 0.524. The molecule has 5 nitrogen and oxygen atoms in total. The Hall–Kier alpha value is -1.62. The third kappa shape index (κ3) is 3.53. The standard InChI is InChI=1S/C16H24N2O3/c1-3-6-16(15(19)20)7-10-18(11-8-16)12-13-5-4-9-17-14(13)21-2/h4-5,9H,3,6-8,10-12H2,1-2H3,(H,19,20). The molecule has 5 heteroatoms. The predicted molar refractivity (Wildman–Crippen MR) is 80.3 cm³/mol. The largest absolute Gasteiger partial charge is 0.481 e. The maximum Gasteiger partial charge on any atom is 0.309 e. The second-order valence-electron chi connectivity index (χ2n) is 5.78. The number of carboxylic acids is 1. The van der Waals surface area contributed by atoms with Crippen LogP contribution in [0.5, 0.6) is 5.88 Å². The van der Waals surface area contributed by atoms with Crippen molar-refractivity contribution in [2.75, 3.05) is 20.2 Å². The number of nitrogens with zero attached hydrogens (tertiary/aromatic N) is 2. The lowest BCUT2D eigenvalue weighted by Crippen LogP contribution is -2.44. The van der Waals surface area contributed by atoms with Crippen molar-refractivity contribution in [3.05, 3.63) is 23.9 Å². The number of rotatable bonds is 6. The second-order valence-corrected chi connectivity index (χ2v) is 5.78. The first-order chi connectivity index (χ1) is 10.1. The van der Waals surface area contributed by atoms with Gasteiger partial charge in [0.1, 0.15) is 0 Å². The van der Waals surface area contributed by atoms with Gasteiger partial charge in [-0.15, -0.1) is 0 Å². The van der Waals surface area contributed by atoms with E-state index in [1.807, 2.05) is 12.1 Å². The molecule has 1 aromatic heterocycles. The first-order valence-electron chi connectivity index (χ1n) is 7.55. The molecule has 0 aliphatic carbocycles. The fraction of sp³-hybridized carbons (Fsp3) is 0.625. The zero-order valence-corrected chi connectivity index (χ0v) is 12.8. The lowest BCUT2D eigenvalue weighted by molar-refractivity contribution is -0.152. The van der Waals surface area contributed by atoms with Crippen LogP contribution in [0.1, 0.15) is 38.2 Å². The zero-order chi connectivity index (χ0) is 15.3. The Morgan fingerprint density at radius 2 is 2.19 bits per heavy atom. The summed E-state index contributed by atoms with van der Waals surface area (Å²) in [6.07, 6.45) is 4.85. The van der Waals surface area contributed by atoms with Gasteiger partial charge in [0.2, 0.25) is 5.88 Å². The highest BCUT2D eigenvalue weighted by molar-refractivity contribution is 5.74. The number of methoxy groups -OCH3 is 1. The van der Waals surface area contributed by atoms with Crippen LogP contribution in [0.15, 0.2) is 18.3 Å². The Bertz CT molecular complexity index is 482. The number of piperidine rings is 1. The maximum atomic E-state index is 11.6. The summed E-state index contributed by atoms with van der Waals surface area (Å²) in [6, 6.07) is 3.91. The minimum Gasteiger partial charge on any atom is -0.481 e. The number of hydrogen-bond acceptors (Lipinski definition) is 4. The molecule has 0 spiro atoms. The van der Waals surface area contributed by atoms with E-state index in [-0.39, 0.29) is 0 Å². The molecule has 0 bridgehead atoms. The van der Waals surface area contributed by atoms with Crippen molar-refractivity contribution in [3.8, 4) is 5.88 Å². The molecule has 0 amide bonds. The van der Waals surface area contributed by atoms with Crippen LogP contribution in [0.4, 0.5) is 0 Å². The molecule has 1 aliphatic rings. The van der Waals surface area contributed by atoms with Gasteiger partial charge in [0.15, 0.2) is 0 Å². The van der Waals surface area contributed by atoms with Gasteiger partial charge in [-0.1, -0.05) is 19.4 Å². The Kier molecular flexibility index (Phi) is 5.17. The molecule has 0 saturated carbocycles. The van der Waals surface area contributed by atoms with Gasteiger partial charge in [-0.05, 0) is 38.4 Å². The Balaban J connectivity index is 1.99. The van der Waals surface area contributed by atoms with Gasteiger partial charge >= 0.3 is 5.97 Å².